The van der Waals surface area contributed by atoms with Gasteiger partial charge < -0.3 is 10.6 Å². The van der Waals surface area contributed by atoms with E-state index in [1.54, 1.807) is 0 Å². The molecule has 1 aromatic rings. The summed E-state index contributed by atoms with van der Waals surface area (Å²) in [6.45, 7) is 5.70. The summed E-state index contributed by atoms with van der Waals surface area (Å²) in [5.74, 6) is 0.913. The predicted molar refractivity (Wildman–Crippen MR) is 88.9 cm³/mol. The molecule has 3 heteroatoms. The number of benzene rings is 1. The van der Waals surface area contributed by atoms with Gasteiger partial charge in [-0.15, -0.1) is 0 Å². The first-order valence-corrected chi connectivity index (χ1v) is 8.33. The van der Waals surface area contributed by atoms with Crippen LogP contribution in [-0.2, 0) is 0 Å². The highest BCUT2D eigenvalue weighted by Crippen LogP contribution is 2.26. The Morgan fingerprint density at radius 3 is 2.67 bits per heavy atom. The third-order valence-electron chi connectivity index (χ3n) is 4.42. The smallest absolute Gasteiger partial charge is 0.251 e. The van der Waals surface area contributed by atoms with Crippen LogP contribution in [0.1, 0.15) is 61.4 Å². The third kappa shape index (κ3) is 4.76. The monoisotopic (exact) mass is 288 g/mol. The van der Waals surface area contributed by atoms with Gasteiger partial charge in [-0.1, -0.05) is 32.1 Å². The molecule has 2 N–H and O–H groups in total. The molecule has 1 aliphatic carbocycles. The van der Waals surface area contributed by atoms with Crippen LogP contribution in [0.25, 0.3) is 0 Å². The van der Waals surface area contributed by atoms with Crippen molar-refractivity contribution in [2.24, 2.45) is 5.92 Å². The van der Waals surface area contributed by atoms with E-state index in [2.05, 4.69) is 17.6 Å². The van der Waals surface area contributed by atoms with Gasteiger partial charge in [-0.05, 0) is 49.9 Å². The van der Waals surface area contributed by atoms with E-state index in [1.165, 1.54) is 38.5 Å². The Balaban J connectivity index is 1.84. The molecule has 0 aliphatic heterocycles. The number of aryl methyl sites for hydroxylation is 1. The van der Waals surface area contributed by atoms with Crippen LogP contribution in [0.2, 0.25) is 0 Å². The molecule has 1 aliphatic rings. The average Bonchev–Trinajstić information content (AvgIpc) is 2.50. The van der Waals surface area contributed by atoms with Gasteiger partial charge >= 0.3 is 0 Å². The van der Waals surface area contributed by atoms with Gasteiger partial charge in [0.1, 0.15) is 0 Å². The molecule has 116 valence electrons. The summed E-state index contributed by atoms with van der Waals surface area (Å²) >= 11 is 0. The van der Waals surface area contributed by atoms with Gasteiger partial charge in [0, 0.05) is 24.3 Å². The Hall–Kier alpha value is -1.51. The number of nitrogens with one attached hydrogen (secondary N) is 2. The van der Waals surface area contributed by atoms with E-state index < -0.39 is 0 Å². The van der Waals surface area contributed by atoms with Gasteiger partial charge in [-0.25, -0.2) is 0 Å². The zero-order valence-electron chi connectivity index (χ0n) is 13.4. The van der Waals surface area contributed by atoms with Crippen molar-refractivity contribution in [2.45, 2.75) is 52.4 Å². The first-order chi connectivity index (χ1) is 10.2. The SMILES string of the molecule is CCNC(=O)c1ccc(NCCC2CCCCC2)c(C)c1. The molecule has 0 bridgehead atoms. The van der Waals surface area contributed by atoms with Gasteiger partial charge in [0.15, 0.2) is 0 Å². The maximum Gasteiger partial charge on any atom is 0.251 e. The summed E-state index contributed by atoms with van der Waals surface area (Å²) in [5.41, 5.74) is 3.04. The zero-order valence-corrected chi connectivity index (χ0v) is 13.4. The molecule has 0 atom stereocenters. The number of anilines is 1. The quantitative estimate of drug-likeness (QED) is 0.826. The number of hydrogen-bond acceptors (Lipinski definition) is 2. The van der Waals surface area contributed by atoms with E-state index in [9.17, 15) is 4.79 Å². The molecule has 1 saturated carbocycles. The van der Waals surface area contributed by atoms with Gasteiger partial charge in [-0.2, -0.15) is 0 Å². The fourth-order valence-electron chi connectivity index (χ4n) is 3.15. The van der Waals surface area contributed by atoms with Crippen LogP contribution in [0.3, 0.4) is 0 Å². The van der Waals surface area contributed by atoms with E-state index in [0.29, 0.717) is 6.54 Å². The molecule has 0 saturated heterocycles. The number of rotatable bonds is 6. The number of hydrogen-bond donors (Lipinski definition) is 2. The first-order valence-electron chi connectivity index (χ1n) is 8.33. The lowest BCUT2D eigenvalue weighted by atomic mass is 9.87. The van der Waals surface area contributed by atoms with Crippen LogP contribution in [0, 0.1) is 12.8 Å². The highest BCUT2D eigenvalue weighted by molar-refractivity contribution is 5.94. The van der Waals surface area contributed by atoms with Crippen molar-refractivity contribution in [3.63, 3.8) is 0 Å². The normalized spacial score (nSPS) is 15.7. The minimum absolute atomic E-state index is 0.00866. The largest absolute Gasteiger partial charge is 0.385 e. The number of carbonyl (C=O) groups is 1. The Labute approximate surface area is 128 Å². The van der Waals surface area contributed by atoms with Gasteiger partial charge in [0.25, 0.3) is 5.91 Å². The van der Waals surface area contributed by atoms with Crippen molar-refractivity contribution < 1.29 is 4.79 Å². The number of carbonyl (C=O) groups excluding carboxylic acids is 1. The molecule has 1 fully saturated rings. The summed E-state index contributed by atoms with van der Waals surface area (Å²) in [7, 11) is 0. The highest BCUT2D eigenvalue weighted by Gasteiger charge is 2.13. The standard InChI is InChI=1S/C18H28N2O/c1-3-19-18(21)16-9-10-17(14(2)13-16)20-12-11-15-7-5-4-6-8-15/h9-10,13,15,20H,3-8,11-12H2,1-2H3,(H,19,21). The van der Waals surface area contributed by atoms with Crippen LogP contribution in [0.5, 0.6) is 0 Å². The second-order valence-corrected chi connectivity index (χ2v) is 6.11. The summed E-state index contributed by atoms with van der Waals surface area (Å²) in [5, 5.41) is 6.36. The second kappa shape index (κ2) is 8.06. The second-order valence-electron chi connectivity index (χ2n) is 6.11. The zero-order chi connectivity index (χ0) is 15.1. The maximum atomic E-state index is 11.8. The summed E-state index contributed by atoms with van der Waals surface area (Å²) in [6, 6.07) is 5.90. The Morgan fingerprint density at radius 2 is 2.00 bits per heavy atom. The lowest BCUT2D eigenvalue weighted by Crippen LogP contribution is -2.22. The number of amides is 1. The van der Waals surface area contributed by atoms with Gasteiger partial charge in [-0.3, -0.25) is 4.79 Å². The fraction of sp³-hybridized carbons (Fsp3) is 0.611. The lowest BCUT2D eigenvalue weighted by molar-refractivity contribution is 0.0956. The van der Waals surface area contributed by atoms with Gasteiger partial charge in [0.2, 0.25) is 0 Å². The molecule has 0 aromatic heterocycles. The van der Waals surface area contributed by atoms with Crippen molar-refractivity contribution in [1.29, 1.82) is 0 Å². The molecule has 21 heavy (non-hydrogen) atoms. The van der Waals surface area contributed by atoms with Gasteiger partial charge in [0.05, 0.1) is 0 Å². The molecule has 3 nitrogen and oxygen atoms in total. The van der Waals surface area contributed by atoms with Crippen molar-refractivity contribution in [2.75, 3.05) is 18.4 Å². The molecule has 1 aromatic carbocycles. The van der Waals surface area contributed by atoms with Crippen LogP contribution in [0.4, 0.5) is 5.69 Å². The first kappa shape index (κ1) is 15.9. The van der Waals surface area contributed by atoms with E-state index in [4.69, 9.17) is 0 Å². The van der Waals surface area contributed by atoms with E-state index in [-0.39, 0.29) is 5.91 Å². The fourth-order valence-corrected chi connectivity index (χ4v) is 3.15. The van der Waals surface area contributed by atoms with Crippen LogP contribution in [-0.4, -0.2) is 19.0 Å². The minimum atomic E-state index is 0.00866. The topological polar surface area (TPSA) is 41.1 Å². The molecule has 1 amide bonds. The van der Waals surface area contributed by atoms with Crippen LogP contribution in [0.15, 0.2) is 18.2 Å². The van der Waals surface area contributed by atoms with Crippen molar-refractivity contribution >= 4 is 11.6 Å². The van der Waals surface area contributed by atoms with E-state index in [0.717, 1.165) is 29.3 Å². The highest BCUT2D eigenvalue weighted by atomic mass is 16.1. The molecule has 2 rings (SSSR count). The molecule has 0 spiro atoms. The minimum Gasteiger partial charge on any atom is -0.385 e. The predicted octanol–water partition coefficient (Wildman–Crippen LogP) is 4.13. The summed E-state index contributed by atoms with van der Waals surface area (Å²) < 4.78 is 0. The van der Waals surface area contributed by atoms with E-state index in [1.807, 2.05) is 25.1 Å². The molecule has 0 unspecified atom stereocenters. The van der Waals surface area contributed by atoms with Crippen molar-refractivity contribution in [3.05, 3.63) is 29.3 Å². The Bertz CT molecular complexity index is 464. The third-order valence-corrected chi connectivity index (χ3v) is 4.42. The molecular formula is C18H28N2O. The van der Waals surface area contributed by atoms with Crippen molar-refractivity contribution in [1.82, 2.24) is 5.32 Å². The average molecular weight is 288 g/mol. The van der Waals surface area contributed by atoms with Crippen LogP contribution >= 0.6 is 0 Å². The van der Waals surface area contributed by atoms with Crippen molar-refractivity contribution in [3.8, 4) is 0 Å². The Kier molecular flexibility index (Phi) is 6.09. The molecular weight excluding hydrogens is 260 g/mol. The molecule has 0 heterocycles. The maximum absolute atomic E-state index is 11.8. The Morgan fingerprint density at radius 1 is 1.24 bits per heavy atom. The van der Waals surface area contributed by atoms with Crippen LogP contribution < -0.4 is 10.6 Å². The lowest BCUT2D eigenvalue weighted by Gasteiger charge is -2.22. The molecule has 0 radical (unpaired) electrons. The summed E-state index contributed by atoms with van der Waals surface area (Å²) in [4.78, 5) is 11.8. The summed E-state index contributed by atoms with van der Waals surface area (Å²) in [6.07, 6.45) is 8.30. The van der Waals surface area contributed by atoms with E-state index >= 15 is 0 Å².